The second-order valence-corrected chi connectivity index (χ2v) is 5.01. The van der Waals surface area contributed by atoms with E-state index in [1.54, 1.807) is 6.07 Å². The van der Waals surface area contributed by atoms with Crippen LogP contribution in [-0.4, -0.2) is 22.6 Å². The van der Waals surface area contributed by atoms with Crippen LogP contribution < -0.4 is 10.9 Å². The number of nitrogens with one attached hydrogen (secondary N) is 2. The van der Waals surface area contributed by atoms with Crippen molar-refractivity contribution in [2.75, 3.05) is 6.61 Å². The van der Waals surface area contributed by atoms with Crippen molar-refractivity contribution in [2.24, 2.45) is 0 Å². The lowest BCUT2D eigenvalue weighted by Gasteiger charge is -2.16. The Morgan fingerprint density at radius 1 is 1.53 bits per heavy atom. The van der Waals surface area contributed by atoms with E-state index in [-0.39, 0.29) is 11.7 Å². The molecule has 1 heterocycles. The van der Waals surface area contributed by atoms with E-state index in [1.165, 1.54) is 12.8 Å². The van der Waals surface area contributed by atoms with Gasteiger partial charge < -0.3 is 15.0 Å². The molecule has 5 heteroatoms. The number of aromatic amines is 1. The lowest BCUT2D eigenvalue weighted by molar-refractivity contribution is 0.0490. The van der Waals surface area contributed by atoms with Gasteiger partial charge in [-0.15, -0.1) is 0 Å². The van der Waals surface area contributed by atoms with E-state index in [0.29, 0.717) is 25.0 Å². The van der Waals surface area contributed by atoms with Gasteiger partial charge in [0, 0.05) is 25.3 Å². The first-order valence-electron chi connectivity index (χ1n) is 7.18. The third kappa shape index (κ3) is 4.44. The zero-order chi connectivity index (χ0) is 13.7. The van der Waals surface area contributed by atoms with Crippen molar-refractivity contribution in [3.05, 3.63) is 27.9 Å². The largest absolute Gasteiger partial charge is 0.371 e. The minimum absolute atomic E-state index is 0.0987. The second-order valence-electron chi connectivity index (χ2n) is 5.01. The zero-order valence-electron chi connectivity index (χ0n) is 11.7. The van der Waals surface area contributed by atoms with E-state index in [4.69, 9.17) is 4.74 Å². The average Bonchev–Trinajstić information content (AvgIpc) is 3.19. The number of hydrogen-bond donors (Lipinski definition) is 2. The number of nitrogens with zero attached hydrogens (tertiary/aromatic N) is 1. The SMILES string of the molecule is CCCC(OCC)c1nc(CNC2CC2)cc(=O)[nH]1. The number of H-pyrrole nitrogens is 1. The molecule has 1 unspecified atom stereocenters. The first-order valence-corrected chi connectivity index (χ1v) is 7.18. The molecule has 1 aliphatic rings. The molecule has 0 radical (unpaired) electrons. The van der Waals surface area contributed by atoms with E-state index >= 15 is 0 Å². The summed E-state index contributed by atoms with van der Waals surface area (Å²) in [4.78, 5) is 19.0. The van der Waals surface area contributed by atoms with Gasteiger partial charge in [0.1, 0.15) is 11.9 Å². The van der Waals surface area contributed by atoms with Gasteiger partial charge in [-0.1, -0.05) is 13.3 Å². The Labute approximate surface area is 113 Å². The van der Waals surface area contributed by atoms with Crippen LogP contribution in [0.15, 0.2) is 10.9 Å². The van der Waals surface area contributed by atoms with Crippen molar-refractivity contribution >= 4 is 0 Å². The van der Waals surface area contributed by atoms with Gasteiger partial charge in [0.25, 0.3) is 5.56 Å². The monoisotopic (exact) mass is 265 g/mol. The molecule has 19 heavy (non-hydrogen) atoms. The molecular formula is C14H23N3O2. The molecule has 1 aliphatic carbocycles. The molecule has 106 valence electrons. The maximum atomic E-state index is 11.7. The Bertz CT molecular complexity index is 448. The van der Waals surface area contributed by atoms with Gasteiger partial charge in [-0.05, 0) is 26.2 Å². The van der Waals surface area contributed by atoms with E-state index in [0.717, 1.165) is 18.5 Å². The maximum absolute atomic E-state index is 11.7. The molecule has 0 spiro atoms. The highest BCUT2D eigenvalue weighted by atomic mass is 16.5. The third-order valence-electron chi connectivity index (χ3n) is 3.19. The molecule has 0 amide bonds. The molecule has 0 bridgehead atoms. The Morgan fingerprint density at radius 3 is 2.95 bits per heavy atom. The molecule has 0 aromatic carbocycles. The Balaban J connectivity index is 2.10. The molecule has 2 N–H and O–H groups in total. The maximum Gasteiger partial charge on any atom is 0.251 e. The topological polar surface area (TPSA) is 67.0 Å². The van der Waals surface area contributed by atoms with Gasteiger partial charge in [0.05, 0.1) is 5.69 Å². The highest BCUT2D eigenvalue weighted by Gasteiger charge is 2.21. The van der Waals surface area contributed by atoms with Crippen LogP contribution in [0.2, 0.25) is 0 Å². The van der Waals surface area contributed by atoms with Crippen molar-refractivity contribution in [3.63, 3.8) is 0 Å². The van der Waals surface area contributed by atoms with Crippen molar-refractivity contribution in [3.8, 4) is 0 Å². The normalized spacial score (nSPS) is 16.5. The van der Waals surface area contributed by atoms with Gasteiger partial charge in [-0.3, -0.25) is 4.79 Å². The lowest BCUT2D eigenvalue weighted by Crippen LogP contribution is -2.22. The molecule has 0 saturated heterocycles. The molecule has 2 rings (SSSR count). The smallest absolute Gasteiger partial charge is 0.251 e. The summed E-state index contributed by atoms with van der Waals surface area (Å²) in [6.45, 7) is 5.34. The average molecular weight is 265 g/mol. The Kier molecular flexibility index (Phi) is 5.10. The zero-order valence-corrected chi connectivity index (χ0v) is 11.7. The fourth-order valence-corrected chi connectivity index (χ4v) is 2.07. The minimum atomic E-state index is -0.108. The van der Waals surface area contributed by atoms with Crippen molar-refractivity contribution < 1.29 is 4.74 Å². The van der Waals surface area contributed by atoms with E-state index in [9.17, 15) is 4.79 Å². The van der Waals surface area contributed by atoms with Gasteiger partial charge in [-0.2, -0.15) is 0 Å². The van der Waals surface area contributed by atoms with Crippen LogP contribution in [0.1, 0.15) is 57.2 Å². The highest BCUT2D eigenvalue weighted by molar-refractivity contribution is 5.05. The van der Waals surface area contributed by atoms with Crippen LogP contribution in [0.25, 0.3) is 0 Å². The van der Waals surface area contributed by atoms with Crippen molar-refractivity contribution in [2.45, 2.75) is 58.2 Å². The van der Waals surface area contributed by atoms with Crippen LogP contribution in [0.5, 0.6) is 0 Å². The molecule has 5 nitrogen and oxygen atoms in total. The van der Waals surface area contributed by atoms with Crippen LogP contribution in [0.3, 0.4) is 0 Å². The van der Waals surface area contributed by atoms with E-state index in [2.05, 4.69) is 22.2 Å². The van der Waals surface area contributed by atoms with Gasteiger partial charge in [0.15, 0.2) is 0 Å². The van der Waals surface area contributed by atoms with Gasteiger partial charge in [-0.25, -0.2) is 4.98 Å². The third-order valence-corrected chi connectivity index (χ3v) is 3.19. The highest BCUT2D eigenvalue weighted by Crippen LogP contribution is 2.20. The first kappa shape index (κ1) is 14.2. The summed E-state index contributed by atoms with van der Waals surface area (Å²) in [7, 11) is 0. The summed E-state index contributed by atoms with van der Waals surface area (Å²) >= 11 is 0. The minimum Gasteiger partial charge on any atom is -0.371 e. The first-order chi connectivity index (χ1) is 9.22. The summed E-state index contributed by atoms with van der Waals surface area (Å²) in [5, 5.41) is 3.37. The standard InChI is InChI=1S/C14H23N3O2/c1-3-5-12(19-4-2)14-16-11(8-13(18)17-14)9-15-10-6-7-10/h8,10,12,15H,3-7,9H2,1-2H3,(H,16,17,18). The number of rotatable bonds is 8. The summed E-state index contributed by atoms with van der Waals surface area (Å²) < 4.78 is 5.66. The van der Waals surface area contributed by atoms with Crippen LogP contribution in [-0.2, 0) is 11.3 Å². The van der Waals surface area contributed by atoms with Gasteiger partial charge >= 0.3 is 0 Å². The van der Waals surface area contributed by atoms with Crippen LogP contribution >= 0.6 is 0 Å². The quantitative estimate of drug-likeness (QED) is 0.753. The molecular weight excluding hydrogens is 242 g/mol. The van der Waals surface area contributed by atoms with Crippen molar-refractivity contribution in [1.82, 2.24) is 15.3 Å². The predicted molar refractivity (Wildman–Crippen MR) is 74.0 cm³/mol. The molecule has 1 aromatic heterocycles. The van der Waals surface area contributed by atoms with Crippen LogP contribution in [0, 0.1) is 0 Å². The number of ether oxygens (including phenoxy) is 1. The Morgan fingerprint density at radius 2 is 2.32 bits per heavy atom. The lowest BCUT2D eigenvalue weighted by atomic mass is 10.2. The Hall–Kier alpha value is -1.20. The summed E-state index contributed by atoms with van der Waals surface area (Å²) in [5.41, 5.74) is 0.699. The molecule has 0 aliphatic heterocycles. The fraction of sp³-hybridized carbons (Fsp3) is 0.714. The number of aromatic nitrogens is 2. The number of hydrogen-bond acceptors (Lipinski definition) is 4. The summed E-state index contributed by atoms with van der Waals surface area (Å²) in [5.74, 6) is 0.656. The predicted octanol–water partition coefficient (Wildman–Crippen LogP) is 1.90. The van der Waals surface area contributed by atoms with Crippen LogP contribution in [0.4, 0.5) is 0 Å². The summed E-state index contributed by atoms with van der Waals surface area (Å²) in [6, 6.07) is 2.18. The molecule has 1 saturated carbocycles. The fourth-order valence-electron chi connectivity index (χ4n) is 2.07. The molecule has 1 aromatic rings. The van der Waals surface area contributed by atoms with Crippen molar-refractivity contribution in [1.29, 1.82) is 0 Å². The van der Waals surface area contributed by atoms with Gasteiger partial charge in [0.2, 0.25) is 0 Å². The molecule has 1 fully saturated rings. The molecule has 1 atom stereocenters. The second kappa shape index (κ2) is 6.82. The van der Waals surface area contributed by atoms with E-state index in [1.807, 2.05) is 6.92 Å². The van der Waals surface area contributed by atoms with E-state index < -0.39 is 0 Å². The summed E-state index contributed by atoms with van der Waals surface area (Å²) in [6.07, 6.45) is 4.22.